The first kappa shape index (κ1) is 34.7. The second kappa shape index (κ2) is 12.6. The fourth-order valence-electron chi connectivity index (χ4n) is 7.57. The summed E-state index contributed by atoms with van der Waals surface area (Å²) in [5.41, 5.74) is -3.97. The van der Waals surface area contributed by atoms with Crippen molar-refractivity contribution in [3.05, 3.63) is 51.6 Å². The number of fused-ring (bicyclic) bond motifs is 3. The van der Waals surface area contributed by atoms with E-state index in [1.165, 1.54) is 18.2 Å². The van der Waals surface area contributed by atoms with E-state index in [9.17, 15) is 45.3 Å². The van der Waals surface area contributed by atoms with Gasteiger partial charge in [0.1, 0.15) is 35.6 Å². The Morgan fingerprint density at radius 3 is 2.15 bits per heavy atom. The monoisotopic (exact) mass is 673 g/mol. The summed E-state index contributed by atoms with van der Waals surface area (Å²) < 4.78 is 24.7. The molecule has 2 aliphatic carbocycles. The van der Waals surface area contributed by atoms with Crippen LogP contribution >= 0.6 is 0 Å². The van der Waals surface area contributed by atoms with Gasteiger partial charge in [0, 0.05) is 42.0 Å². The number of aromatic hydroxyl groups is 3. The van der Waals surface area contributed by atoms with E-state index >= 15 is 0 Å². The quantitative estimate of drug-likeness (QED) is 0.185. The first-order valence-electron chi connectivity index (χ1n) is 16.2. The average molecular weight is 674 g/mol. The Labute approximate surface area is 277 Å². The molecule has 2 aromatic carbocycles. The maximum atomic E-state index is 13.7. The molecule has 4 aliphatic rings. The van der Waals surface area contributed by atoms with Crippen molar-refractivity contribution in [1.29, 1.82) is 0 Å². The molecule has 0 bridgehead atoms. The Bertz CT molecular complexity index is 1600. The van der Waals surface area contributed by atoms with Crippen molar-refractivity contribution in [3.63, 3.8) is 0 Å². The molecular formula is C34H43NO13. The van der Waals surface area contributed by atoms with E-state index in [2.05, 4.69) is 0 Å². The minimum atomic E-state index is -1.86. The number of hydrogen-bond donors (Lipinski definition) is 7. The first-order valence-corrected chi connectivity index (χ1v) is 16.2. The molecule has 2 aromatic rings. The highest BCUT2D eigenvalue weighted by Gasteiger charge is 2.52. The lowest BCUT2D eigenvalue weighted by Gasteiger charge is -2.47. The van der Waals surface area contributed by atoms with Gasteiger partial charge in [0.2, 0.25) is 5.78 Å². The normalized spacial score (nSPS) is 36.5. The first-order chi connectivity index (χ1) is 22.6. The smallest absolute Gasteiger partial charge is 0.202 e. The van der Waals surface area contributed by atoms with Crippen LogP contribution < -0.4 is 0 Å². The summed E-state index contributed by atoms with van der Waals surface area (Å²) in [4.78, 5) is 29.2. The van der Waals surface area contributed by atoms with Gasteiger partial charge in [0.05, 0.1) is 46.7 Å². The van der Waals surface area contributed by atoms with Crippen LogP contribution in [0.4, 0.5) is 0 Å². The van der Waals surface area contributed by atoms with Crippen LogP contribution in [0.1, 0.15) is 102 Å². The molecule has 6 rings (SSSR count). The molecule has 0 spiro atoms. The lowest BCUT2D eigenvalue weighted by atomic mass is 9.70. The third kappa shape index (κ3) is 5.49. The fourth-order valence-corrected chi connectivity index (χ4v) is 7.57. The van der Waals surface area contributed by atoms with Crippen LogP contribution in [0.2, 0.25) is 0 Å². The van der Waals surface area contributed by atoms with Crippen molar-refractivity contribution in [1.82, 2.24) is 4.90 Å². The summed E-state index contributed by atoms with van der Waals surface area (Å²) in [5, 5.41) is 77.0. The van der Waals surface area contributed by atoms with Crippen molar-refractivity contribution in [3.8, 4) is 17.2 Å². The Balaban J connectivity index is 1.35. The van der Waals surface area contributed by atoms with Crippen LogP contribution in [0.15, 0.2) is 18.2 Å². The van der Waals surface area contributed by atoms with Crippen LogP contribution in [-0.2, 0) is 18.9 Å². The van der Waals surface area contributed by atoms with Crippen molar-refractivity contribution < 1.29 is 64.3 Å². The standard InChI is InChI=1S/C34H43NO13/c1-6-34(44)12-19(47-20-10-16(35(4)5)32(14(3)46-20)48-21-11-18(37)27(38)13(2)45-21)23-26(33(34)43)31(42)24-25(30(23)41)29(40)22-15(28(24)39)8-7-9-17(22)36/h7-9,13-14,16,18-21,27,32-33,36-38,41-44H,6,10-12H2,1-5H3/t13-,14-,16-,18-,19-,20-,21-,27+,32+,33+,34+/m0/s1. The molecule has 14 nitrogen and oxygen atoms in total. The summed E-state index contributed by atoms with van der Waals surface area (Å²) in [5.74, 6) is -3.71. The van der Waals surface area contributed by atoms with Gasteiger partial charge < -0.3 is 59.6 Å². The molecular weight excluding hydrogens is 630 g/mol. The zero-order valence-corrected chi connectivity index (χ0v) is 27.4. The number of ether oxygens (including phenoxy) is 4. The molecule has 14 heteroatoms. The molecule has 2 aliphatic heterocycles. The summed E-state index contributed by atoms with van der Waals surface area (Å²) in [6.45, 7) is 5.04. The minimum absolute atomic E-state index is 0.00680. The van der Waals surface area contributed by atoms with Crippen molar-refractivity contribution in [2.45, 2.75) is 113 Å². The molecule has 2 saturated heterocycles. The van der Waals surface area contributed by atoms with E-state index < -0.39 is 101 Å². The SMILES string of the molecule is CC[C@@]1(O)C[C@H](O[C@H]2C[C@H](N(C)C)[C@H](O[C@H]3C[C@H](O)[C@H](O)[C@H](C)O3)[C@H](C)O2)c2c(O)c3c(c(O)c2[C@H]1O)C(=O)c1cccc(O)c1C3=O. The largest absolute Gasteiger partial charge is 0.507 e. The van der Waals surface area contributed by atoms with E-state index in [0.717, 1.165) is 0 Å². The molecule has 11 atom stereocenters. The van der Waals surface area contributed by atoms with Gasteiger partial charge in [-0.05, 0) is 40.4 Å². The van der Waals surface area contributed by atoms with E-state index in [4.69, 9.17) is 18.9 Å². The number of nitrogens with zero attached hydrogens (tertiary/aromatic N) is 1. The number of carbonyl (C=O) groups excluding carboxylic acids is 2. The summed E-state index contributed by atoms with van der Waals surface area (Å²) in [7, 11) is 3.68. The second-order valence-electron chi connectivity index (χ2n) is 13.5. The molecule has 0 unspecified atom stereocenters. The molecule has 2 heterocycles. The third-order valence-electron chi connectivity index (χ3n) is 10.4. The zero-order chi connectivity index (χ0) is 35.0. The number of ketones is 2. The number of carbonyl (C=O) groups is 2. The predicted octanol–water partition coefficient (Wildman–Crippen LogP) is 1.52. The highest BCUT2D eigenvalue weighted by atomic mass is 16.7. The van der Waals surface area contributed by atoms with E-state index in [1.807, 2.05) is 19.0 Å². The Morgan fingerprint density at radius 2 is 1.50 bits per heavy atom. The molecule has 2 fully saturated rings. The number of hydrogen-bond acceptors (Lipinski definition) is 14. The average Bonchev–Trinajstić information content (AvgIpc) is 3.02. The number of likely N-dealkylation sites (N-methyl/N-ethyl adjacent to an activating group) is 1. The van der Waals surface area contributed by atoms with Gasteiger partial charge >= 0.3 is 0 Å². The Kier molecular flexibility index (Phi) is 9.11. The minimum Gasteiger partial charge on any atom is -0.507 e. The number of benzene rings is 2. The molecule has 7 N–H and O–H groups in total. The number of phenolic OH excluding ortho intramolecular Hbond substituents is 3. The number of rotatable bonds is 6. The molecule has 262 valence electrons. The van der Waals surface area contributed by atoms with E-state index in [-0.39, 0.29) is 54.0 Å². The van der Waals surface area contributed by atoms with Crippen LogP contribution in [0, 0.1) is 0 Å². The molecule has 0 amide bonds. The van der Waals surface area contributed by atoms with Gasteiger partial charge in [-0.2, -0.15) is 0 Å². The topological polar surface area (TPSA) is 216 Å². The molecule has 0 saturated carbocycles. The number of aliphatic hydroxyl groups is 4. The Hall–Kier alpha value is -3.18. The molecule has 0 aromatic heterocycles. The third-order valence-corrected chi connectivity index (χ3v) is 10.4. The van der Waals surface area contributed by atoms with E-state index in [0.29, 0.717) is 0 Å². The molecule has 48 heavy (non-hydrogen) atoms. The van der Waals surface area contributed by atoms with Gasteiger partial charge in [-0.25, -0.2) is 0 Å². The van der Waals surface area contributed by atoms with Gasteiger partial charge in [-0.3, -0.25) is 9.59 Å². The van der Waals surface area contributed by atoms with Crippen molar-refractivity contribution in [2.24, 2.45) is 0 Å². The summed E-state index contributed by atoms with van der Waals surface area (Å²) in [6, 6.07) is 3.58. The summed E-state index contributed by atoms with van der Waals surface area (Å²) >= 11 is 0. The van der Waals surface area contributed by atoms with E-state index in [1.54, 1.807) is 20.8 Å². The van der Waals surface area contributed by atoms with Crippen molar-refractivity contribution in [2.75, 3.05) is 14.1 Å². The maximum absolute atomic E-state index is 13.7. The van der Waals surface area contributed by atoms with Gasteiger partial charge in [0.25, 0.3) is 0 Å². The van der Waals surface area contributed by atoms with Crippen LogP contribution in [-0.4, -0.2) is 121 Å². The molecule has 0 radical (unpaired) electrons. The maximum Gasteiger partial charge on any atom is 0.202 e. The fraction of sp³-hybridized carbons (Fsp3) is 0.588. The summed E-state index contributed by atoms with van der Waals surface area (Å²) in [6.07, 6.45) is -8.64. The zero-order valence-electron chi connectivity index (χ0n) is 27.4. The van der Waals surface area contributed by atoms with Crippen LogP contribution in [0.3, 0.4) is 0 Å². The van der Waals surface area contributed by atoms with Gasteiger partial charge in [-0.1, -0.05) is 19.1 Å². The lowest BCUT2D eigenvalue weighted by Crippen LogP contribution is -2.57. The predicted molar refractivity (Wildman–Crippen MR) is 166 cm³/mol. The Morgan fingerprint density at radius 1 is 0.875 bits per heavy atom. The highest BCUT2D eigenvalue weighted by molar-refractivity contribution is 6.31. The van der Waals surface area contributed by atoms with Crippen LogP contribution in [0.25, 0.3) is 0 Å². The highest BCUT2D eigenvalue weighted by Crippen LogP contribution is 2.56. The number of phenols is 3. The second-order valence-corrected chi connectivity index (χ2v) is 13.5. The number of aliphatic hydroxyl groups excluding tert-OH is 3. The van der Waals surface area contributed by atoms with Crippen LogP contribution in [0.5, 0.6) is 17.2 Å². The van der Waals surface area contributed by atoms with Crippen molar-refractivity contribution >= 4 is 11.6 Å². The lowest BCUT2D eigenvalue weighted by molar-refractivity contribution is -0.311. The van der Waals surface area contributed by atoms with Gasteiger partial charge in [0.15, 0.2) is 18.4 Å². The van der Waals surface area contributed by atoms with Gasteiger partial charge in [-0.15, -0.1) is 0 Å².